The fourth-order valence-corrected chi connectivity index (χ4v) is 2.32. The predicted molar refractivity (Wildman–Crippen MR) is 71.4 cm³/mol. The molecule has 0 aliphatic rings. The lowest BCUT2D eigenvalue weighted by molar-refractivity contribution is -0.137. The Balaban J connectivity index is 2.72. The standard InChI is InChI=1S/C15H9ClF6/c16-8-9-5-6-10(14(17,18)19)7-12(9)11-3-1-2-4-13(11)15(20,21)22/h1-7H,8H2. The lowest BCUT2D eigenvalue weighted by Gasteiger charge is -2.17. The molecule has 2 aromatic rings. The Morgan fingerprint density at radius 1 is 0.773 bits per heavy atom. The first-order valence-electron chi connectivity index (χ1n) is 6.07. The van der Waals surface area contributed by atoms with Gasteiger partial charge in [0.25, 0.3) is 0 Å². The van der Waals surface area contributed by atoms with Crippen molar-refractivity contribution in [2.24, 2.45) is 0 Å². The molecule has 0 aliphatic carbocycles. The van der Waals surface area contributed by atoms with Crippen LogP contribution < -0.4 is 0 Å². The van der Waals surface area contributed by atoms with E-state index in [0.29, 0.717) is 6.07 Å². The molecule has 0 aliphatic heterocycles. The molecule has 0 bridgehead atoms. The molecule has 0 nitrogen and oxygen atoms in total. The number of rotatable bonds is 2. The fourth-order valence-electron chi connectivity index (χ4n) is 2.09. The van der Waals surface area contributed by atoms with Crippen molar-refractivity contribution in [2.75, 3.05) is 0 Å². The highest BCUT2D eigenvalue weighted by Crippen LogP contribution is 2.40. The molecule has 0 atom stereocenters. The number of alkyl halides is 7. The van der Waals surface area contributed by atoms with E-state index in [0.717, 1.165) is 24.3 Å². The van der Waals surface area contributed by atoms with Gasteiger partial charge in [-0.25, -0.2) is 0 Å². The molecule has 0 unspecified atom stereocenters. The molecule has 0 amide bonds. The molecule has 0 spiro atoms. The summed E-state index contributed by atoms with van der Waals surface area (Å²) in [7, 11) is 0. The quantitative estimate of drug-likeness (QED) is 0.456. The summed E-state index contributed by atoms with van der Waals surface area (Å²) in [5.74, 6) is -0.195. The number of benzene rings is 2. The van der Waals surface area contributed by atoms with Crippen LogP contribution in [0.3, 0.4) is 0 Å². The van der Waals surface area contributed by atoms with E-state index in [4.69, 9.17) is 11.6 Å². The molecule has 0 saturated heterocycles. The van der Waals surface area contributed by atoms with Crippen LogP contribution in [0.4, 0.5) is 26.3 Å². The van der Waals surface area contributed by atoms with Crippen LogP contribution >= 0.6 is 11.6 Å². The van der Waals surface area contributed by atoms with Crippen LogP contribution in [0.5, 0.6) is 0 Å². The molecule has 0 radical (unpaired) electrons. The van der Waals surface area contributed by atoms with Gasteiger partial charge in [0.15, 0.2) is 0 Å². The van der Waals surface area contributed by atoms with Crippen molar-refractivity contribution < 1.29 is 26.3 Å². The Morgan fingerprint density at radius 3 is 1.95 bits per heavy atom. The highest BCUT2D eigenvalue weighted by Gasteiger charge is 2.35. The third-order valence-corrected chi connectivity index (χ3v) is 3.39. The van der Waals surface area contributed by atoms with Gasteiger partial charge < -0.3 is 0 Å². The molecule has 0 saturated carbocycles. The van der Waals surface area contributed by atoms with Gasteiger partial charge in [-0.1, -0.05) is 24.3 Å². The first-order valence-corrected chi connectivity index (χ1v) is 6.60. The van der Waals surface area contributed by atoms with Gasteiger partial charge >= 0.3 is 12.4 Å². The second-order valence-corrected chi connectivity index (χ2v) is 4.81. The Bertz CT molecular complexity index is 672. The van der Waals surface area contributed by atoms with Crippen molar-refractivity contribution in [3.05, 3.63) is 59.2 Å². The van der Waals surface area contributed by atoms with Gasteiger partial charge in [-0.2, -0.15) is 26.3 Å². The largest absolute Gasteiger partial charge is 0.417 e. The van der Waals surface area contributed by atoms with E-state index in [1.54, 1.807) is 0 Å². The summed E-state index contributed by atoms with van der Waals surface area (Å²) in [5, 5.41) is 0. The van der Waals surface area contributed by atoms with Gasteiger partial charge in [-0.15, -0.1) is 11.6 Å². The van der Waals surface area contributed by atoms with Gasteiger partial charge in [0.05, 0.1) is 11.1 Å². The summed E-state index contributed by atoms with van der Waals surface area (Å²) >= 11 is 5.65. The molecule has 0 heterocycles. The van der Waals surface area contributed by atoms with E-state index in [9.17, 15) is 26.3 Å². The molecule has 0 aromatic heterocycles. The monoisotopic (exact) mass is 338 g/mol. The first kappa shape index (κ1) is 16.7. The fraction of sp³-hybridized carbons (Fsp3) is 0.200. The van der Waals surface area contributed by atoms with E-state index in [-0.39, 0.29) is 22.6 Å². The minimum atomic E-state index is -4.67. The third kappa shape index (κ3) is 3.38. The zero-order chi connectivity index (χ0) is 16.5. The van der Waals surface area contributed by atoms with Crippen molar-refractivity contribution in [1.29, 1.82) is 0 Å². The van der Waals surface area contributed by atoms with Gasteiger partial charge in [0.1, 0.15) is 0 Å². The summed E-state index contributed by atoms with van der Waals surface area (Å²) in [5.41, 5.74) is -2.31. The van der Waals surface area contributed by atoms with Crippen LogP contribution in [0, 0.1) is 0 Å². The summed E-state index contributed by atoms with van der Waals surface area (Å²) in [4.78, 5) is 0. The highest BCUT2D eigenvalue weighted by atomic mass is 35.5. The average molecular weight is 339 g/mol. The van der Waals surface area contributed by atoms with Crippen molar-refractivity contribution in [3.63, 3.8) is 0 Å². The summed E-state index contributed by atoms with van der Waals surface area (Å²) in [6.45, 7) is 0. The van der Waals surface area contributed by atoms with Gasteiger partial charge in [0, 0.05) is 5.88 Å². The van der Waals surface area contributed by atoms with Crippen LogP contribution in [0.15, 0.2) is 42.5 Å². The smallest absolute Gasteiger partial charge is 0.166 e. The van der Waals surface area contributed by atoms with E-state index in [1.807, 2.05) is 0 Å². The normalized spacial score (nSPS) is 12.5. The van der Waals surface area contributed by atoms with Crippen molar-refractivity contribution in [2.45, 2.75) is 18.2 Å². The molecule has 0 N–H and O–H groups in total. The van der Waals surface area contributed by atoms with Crippen molar-refractivity contribution >= 4 is 11.6 Å². The molecule has 2 aromatic carbocycles. The first-order chi connectivity index (χ1) is 10.1. The van der Waals surface area contributed by atoms with Crippen LogP contribution in [-0.2, 0) is 18.2 Å². The van der Waals surface area contributed by atoms with Gasteiger partial charge in [-0.3, -0.25) is 0 Å². The Labute approximate surface area is 127 Å². The zero-order valence-electron chi connectivity index (χ0n) is 10.9. The van der Waals surface area contributed by atoms with E-state index >= 15 is 0 Å². The maximum absolute atomic E-state index is 13.0. The molecule has 22 heavy (non-hydrogen) atoms. The molecule has 7 heteroatoms. The molecular formula is C15H9ClF6. The maximum atomic E-state index is 13.0. The average Bonchev–Trinajstić information content (AvgIpc) is 2.44. The maximum Gasteiger partial charge on any atom is 0.417 e. The van der Waals surface area contributed by atoms with Crippen molar-refractivity contribution in [3.8, 4) is 11.1 Å². The van der Waals surface area contributed by atoms with Gasteiger partial charge in [-0.05, 0) is 34.9 Å². The van der Waals surface area contributed by atoms with E-state index < -0.39 is 23.5 Å². The second-order valence-electron chi connectivity index (χ2n) is 4.55. The lowest BCUT2D eigenvalue weighted by Crippen LogP contribution is -2.09. The summed E-state index contributed by atoms with van der Waals surface area (Å²) < 4.78 is 77.5. The van der Waals surface area contributed by atoms with Crippen LogP contribution in [0.1, 0.15) is 16.7 Å². The Hall–Kier alpha value is -1.69. The molecule has 118 valence electrons. The Morgan fingerprint density at radius 2 is 1.41 bits per heavy atom. The topological polar surface area (TPSA) is 0 Å². The number of hydrogen-bond acceptors (Lipinski definition) is 0. The van der Waals surface area contributed by atoms with Crippen LogP contribution in [-0.4, -0.2) is 0 Å². The number of hydrogen-bond donors (Lipinski definition) is 0. The van der Waals surface area contributed by atoms with Crippen molar-refractivity contribution in [1.82, 2.24) is 0 Å². The summed E-state index contributed by atoms with van der Waals surface area (Å²) in [6.07, 6.45) is -9.32. The van der Waals surface area contributed by atoms with Crippen LogP contribution in [0.25, 0.3) is 11.1 Å². The SMILES string of the molecule is FC(F)(F)c1ccc(CCl)c(-c2ccccc2C(F)(F)F)c1. The van der Waals surface area contributed by atoms with Gasteiger partial charge in [0.2, 0.25) is 0 Å². The minimum absolute atomic E-state index is 0.169. The second kappa shape index (κ2) is 5.83. The Kier molecular flexibility index (Phi) is 4.42. The molecular weight excluding hydrogens is 330 g/mol. The van der Waals surface area contributed by atoms with Crippen LogP contribution in [0.2, 0.25) is 0 Å². The molecule has 0 fully saturated rings. The minimum Gasteiger partial charge on any atom is -0.166 e. The van der Waals surface area contributed by atoms with E-state index in [2.05, 4.69) is 0 Å². The molecule has 2 rings (SSSR count). The third-order valence-electron chi connectivity index (χ3n) is 3.10. The zero-order valence-corrected chi connectivity index (χ0v) is 11.7. The number of halogens is 7. The van der Waals surface area contributed by atoms with E-state index in [1.165, 1.54) is 12.1 Å². The summed E-state index contributed by atoms with van der Waals surface area (Å²) in [6, 6.07) is 7.07. The lowest BCUT2D eigenvalue weighted by atomic mass is 9.94. The predicted octanol–water partition coefficient (Wildman–Crippen LogP) is 6.13. The highest BCUT2D eigenvalue weighted by molar-refractivity contribution is 6.17.